The van der Waals surface area contributed by atoms with Gasteiger partial charge in [-0.15, -0.1) is 0 Å². The zero-order valence-corrected chi connectivity index (χ0v) is 12.6. The third-order valence-electron chi connectivity index (χ3n) is 0.862. The summed E-state index contributed by atoms with van der Waals surface area (Å²) in [7, 11) is -7.59. The molecule has 0 saturated carbocycles. The van der Waals surface area contributed by atoms with Crippen molar-refractivity contribution in [1.29, 1.82) is 0 Å². The van der Waals surface area contributed by atoms with E-state index in [1.807, 2.05) is 0 Å². The molecule has 0 saturated heterocycles. The second kappa shape index (κ2) is 10.0. The van der Waals surface area contributed by atoms with Crippen molar-refractivity contribution in [2.75, 3.05) is 25.4 Å². The van der Waals surface area contributed by atoms with E-state index in [2.05, 4.69) is 0 Å². The normalized spacial score (nSPS) is 11.1. The first kappa shape index (κ1) is 21.2. The molecular formula is C4H12O8P2Zn. The van der Waals surface area contributed by atoms with E-state index in [1.54, 1.807) is 0 Å². The monoisotopic (exact) mass is 314 g/mol. The van der Waals surface area contributed by atoms with Gasteiger partial charge in [0, 0.05) is 0 Å². The quantitative estimate of drug-likeness (QED) is 0.316. The first-order chi connectivity index (χ1) is 6.24. The average molecular weight is 315 g/mol. The molecule has 0 radical (unpaired) electrons. The summed E-state index contributed by atoms with van der Waals surface area (Å²) in [6, 6.07) is 0. The number of hydrogen-bond donors (Lipinski definition) is 4. The van der Waals surface area contributed by atoms with Gasteiger partial charge in [0.05, 0.1) is 40.1 Å². The molecule has 8 nitrogen and oxygen atoms in total. The van der Waals surface area contributed by atoms with E-state index in [1.165, 1.54) is 0 Å². The van der Waals surface area contributed by atoms with Crippen molar-refractivity contribution in [2.45, 2.75) is 0 Å². The Balaban J connectivity index is -0.000000180. The maximum Gasteiger partial charge on any atom is 2.00 e. The summed E-state index contributed by atoms with van der Waals surface area (Å²) in [6.07, 6.45) is -3.82. The molecule has 0 amide bonds. The van der Waals surface area contributed by atoms with Gasteiger partial charge >= 0.3 is 19.5 Å². The summed E-state index contributed by atoms with van der Waals surface area (Å²) < 4.78 is 19.8. The van der Waals surface area contributed by atoms with Crippen molar-refractivity contribution in [1.82, 2.24) is 0 Å². The Morgan fingerprint density at radius 3 is 0.867 bits per heavy atom. The summed E-state index contributed by atoms with van der Waals surface area (Å²) in [6.45, 7) is 0. The van der Waals surface area contributed by atoms with Gasteiger partial charge in [-0.05, 0) is 0 Å². The van der Waals surface area contributed by atoms with Crippen LogP contribution in [0.15, 0.2) is 0 Å². The van der Waals surface area contributed by atoms with Crippen LogP contribution in [0.1, 0.15) is 0 Å². The Morgan fingerprint density at radius 1 is 0.733 bits per heavy atom. The molecule has 4 N–H and O–H groups in total. The molecule has 0 aromatic carbocycles. The first-order valence-electron chi connectivity index (χ1n) is 3.26. The van der Waals surface area contributed by atoms with Crippen molar-refractivity contribution in [3.05, 3.63) is 0 Å². The molecule has 0 fully saturated rings. The van der Waals surface area contributed by atoms with E-state index < -0.39 is 40.1 Å². The van der Waals surface area contributed by atoms with Gasteiger partial charge in [0.1, 0.15) is 0 Å². The molecule has 0 aliphatic heterocycles. The fraction of sp³-hybridized carbons (Fsp3) is 1.00. The molecule has 0 aromatic heterocycles. The Hall–Kier alpha value is 0.843. The van der Waals surface area contributed by atoms with Crippen LogP contribution in [0, 0.1) is 0 Å². The van der Waals surface area contributed by atoms with Crippen LogP contribution in [0.5, 0.6) is 0 Å². The van der Waals surface area contributed by atoms with Gasteiger partial charge in [-0.25, -0.2) is 0 Å². The molecule has 88 valence electrons. The standard InChI is InChI=1S/2C2H7O4P.Zn/c2*3-1-7(5,6)2-4;/h2*3-4H,1-2H2,(H,5,6);/q;;+2/p-2. The van der Waals surface area contributed by atoms with E-state index in [-0.39, 0.29) is 19.5 Å². The molecule has 0 atom stereocenters. The first-order valence-corrected chi connectivity index (χ1v) is 7.25. The fourth-order valence-electron chi connectivity index (χ4n) is 0.0894. The van der Waals surface area contributed by atoms with E-state index in [4.69, 9.17) is 20.4 Å². The van der Waals surface area contributed by atoms with Crippen LogP contribution >= 0.6 is 14.7 Å². The largest absolute Gasteiger partial charge is 2.00 e. The van der Waals surface area contributed by atoms with Crippen LogP contribution in [0.25, 0.3) is 0 Å². The smallest absolute Gasteiger partial charge is 0.796 e. The van der Waals surface area contributed by atoms with Crippen LogP contribution in [-0.2, 0) is 28.6 Å². The molecule has 0 aliphatic rings. The Bertz CT molecular complexity index is 193. The van der Waals surface area contributed by atoms with Crippen molar-refractivity contribution in [3.8, 4) is 0 Å². The van der Waals surface area contributed by atoms with Gasteiger partial charge < -0.3 is 39.3 Å². The summed E-state index contributed by atoms with van der Waals surface area (Å²) in [5.41, 5.74) is 0. The van der Waals surface area contributed by atoms with E-state index >= 15 is 0 Å². The minimum Gasteiger partial charge on any atom is -0.796 e. The predicted molar refractivity (Wildman–Crippen MR) is 43.6 cm³/mol. The molecule has 0 spiro atoms. The average Bonchev–Trinajstić information content (AvgIpc) is 2.19. The SMILES string of the molecule is O=P([O-])(CO)CO.O=P([O-])(CO)CO.[Zn+2]. The summed E-state index contributed by atoms with van der Waals surface area (Å²) in [5, 5.41) is 31.4. The summed E-state index contributed by atoms with van der Waals surface area (Å²) in [4.78, 5) is 19.8. The maximum absolute atomic E-state index is 9.90. The zero-order valence-electron chi connectivity index (χ0n) is 7.85. The van der Waals surface area contributed by atoms with E-state index in [0.29, 0.717) is 0 Å². The Labute approximate surface area is 99.2 Å². The van der Waals surface area contributed by atoms with Crippen LogP contribution in [0.3, 0.4) is 0 Å². The minimum atomic E-state index is -3.79. The molecule has 0 aromatic rings. The molecule has 0 heterocycles. The second-order valence-electron chi connectivity index (χ2n) is 2.19. The second-order valence-corrected chi connectivity index (χ2v) is 6.58. The van der Waals surface area contributed by atoms with Gasteiger partial charge in [0.2, 0.25) is 0 Å². The topological polar surface area (TPSA) is 161 Å². The van der Waals surface area contributed by atoms with Crippen molar-refractivity contribution in [2.24, 2.45) is 0 Å². The van der Waals surface area contributed by atoms with Crippen LogP contribution in [0.4, 0.5) is 0 Å². The third-order valence-corrected chi connectivity index (χ3v) is 2.59. The molecule has 0 aliphatic carbocycles. The van der Waals surface area contributed by atoms with Gasteiger partial charge in [-0.2, -0.15) is 0 Å². The molecule has 0 bridgehead atoms. The maximum atomic E-state index is 9.90. The molecule has 15 heavy (non-hydrogen) atoms. The van der Waals surface area contributed by atoms with Crippen molar-refractivity contribution < 1.29 is 58.8 Å². The third kappa shape index (κ3) is 14.8. The molecule has 11 heteroatoms. The van der Waals surface area contributed by atoms with Gasteiger partial charge in [0.25, 0.3) is 0 Å². The zero-order chi connectivity index (χ0) is 11.8. The summed E-state index contributed by atoms with van der Waals surface area (Å²) >= 11 is 0. The number of aliphatic hydroxyl groups is 4. The molecular weight excluding hydrogens is 303 g/mol. The van der Waals surface area contributed by atoms with E-state index in [9.17, 15) is 18.9 Å². The van der Waals surface area contributed by atoms with Crippen LogP contribution in [0.2, 0.25) is 0 Å². The number of hydrogen-bond acceptors (Lipinski definition) is 8. The van der Waals surface area contributed by atoms with E-state index in [0.717, 1.165) is 0 Å². The van der Waals surface area contributed by atoms with Crippen molar-refractivity contribution in [3.63, 3.8) is 0 Å². The number of rotatable bonds is 4. The van der Waals surface area contributed by atoms with Gasteiger partial charge in [-0.1, -0.05) is 0 Å². The van der Waals surface area contributed by atoms with Gasteiger partial charge in [0.15, 0.2) is 0 Å². The fourth-order valence-corrected chi connectivity index (χ4v) is 0.268. The summed E-state index contributed by atoms with van der Waals surface area (Å²) in [5.74, 6) is 0. The predicted octanol–water partition coefficient (Wildman–Crippen LogP) is -2.95. The van der Waals surface area contributed by atoms with Crippen molar-refractivity contribution >= 4 is 14.7 Å². The van der Waals surface area contributed by atoms with Crippen LogP contribution in [-0.4, -0.2) is 45.8 Å². The molecule has 0 rings (SSSR count). The minimum absolute atomic E-state index is 0. The molecule has 0 unspecified atom stereocenters. The van der Waals surface area contributed by atoms with Crippen LogP contribution < -0.4 is 9.79 Å². The Morgan fingerprint density at radius 2 is 0.867 bits per heavy atom. The van der Waals surface area contributed by atoms with Gasteiger partial charge in [-0.3, -0.25) is 0 Å². The Kier molecular flexibility index (Phi) is 14.1. The number of aliphatic hydroxyl groups excluding tert-OH is 4.